The van der Waals surface area contributed by atoms with Crippen LogP contribution in [0.15, 0.2) is 36.4 Å². The van der Waals surface area contributed by atoms with Crippen molar-refractivity contribution < 1.29 is 13.6 Å². The summed E-state index contributed by atoms with van der Waals surface area (Å²) in [5, 5.41) is 3.38. The third kappa shape index (κ3) is 4.41. The van der Waals surface area contributed by atoms with Gasteiger partial charge in [-0.3, -0.25) is 4.79 Å². The van der Waals surface area contributed by atoms with Crippen LogP contribution in [-0.2, 0) is 11.2 Å². The fraction of sp³-hybridized carbons (Fsp3) is 0.133. The highest BCUT2D eigenvalue weighted by molar-refractivity contribution is 6.35. The van der Waals surface area contributed by atoms with Gasteiger partial charge in [-0.2, -0.15) is 0 Å². The summed E-state index contributed by atoms with van der Waals surface area (Å²) < 4.78 is 26.1. The molecular formula is C15H11Cl2F2NO. The van der Waals surface area contributed by atoms with E-state index in [1.165, 1.54) is 6.07 Å². The highest BCUT2D eigenvalue weighted by Crippen LogP contribution is 2.22. The zero-order chi connectivity index (χ0) is 15.4. The summed E-state index contributed by atoms with van der Waals surface area (Å²) in [5.74, 6) is -1.89. The predicted octanol–water partition coefficient (Wildman–Crippen LogP) is 4.84. The van der Waals surface area contributed by atoms with Crippen molar-refractivity contribution in [3.8, 4) is 0 Å². The lowest BCUT2D eigenvalue weighted by molar-refractivity contribution is -0.116. The van der Waals surface area contributed by atoms with E-state index < -0.39 is 11.6 Å². The number of nitrogens with one attached hydrogen (secondary N) is 1. The number of benzene rings is 2. The molecule has 2 aromatic rings. The van der Waals surface area contributed by atoms with Crippen LogP contribution in [0.2, 0.25) is 10.0 Å². The third-order valence-electron chi connectivity index (χ3n) is 2.84. The van der Waals surface area contributed by atoms with E-state index in [1.807, 2.05) is 0 Å². The minimum Gasteiger partial charge on any atom is -0.324 e. The Morgan fingerprint density at radius 3 is 2.52 bits per heavy atom. The van der Waals surface area contributed by atoms with Gasteiger partial charge in [-0.1, -0.05) is 29.3 Å². The van der Waals surface area contributed by atoms with Crippen molar-refractivity contribution in [2.45, 2.75) is 12.8 Å². The van der Waals surface area contributed by atoms with Crippen LogP contribution in [0.3, 0.4) is 0 Å². The second kappa shape index (κ2) is 6.87. The van der Waals surface area contributed by atoms with E-state index in [0.29, 0.717) is 22.5 Å². The van der Waals surface area contributed by atoms with Crippen LogP contribution in [0.25, 0.3) is 0 Å². The maximum absolute atomic E-state index is 13.4. The summed E-state index contributed by atoms with van der Waals surface area (Å²) >= 11 is 11.8. The zero-order valence-corrected chi connectivity index (χ0v) is 12.3. The second-order valence-electron chi connectivity index (χ2n) is 4.41. The average molecular weight is 330 g/mol. The molecule has 0 radical (unpaired) electrons. The average Bonchev–Trinajstić information content (AvgIpc) is 2.41. The van der Waals surface area contributed by atoms with Crippen LogP contribution >= 0.6 is 23.2 Å². The molecule has 1 N–H and O–H groups in total. The molecular weight excluding hydrogens is 319 g/mol. The number of aryl methyl sites for hydroxylation is 1. The Balaban J connectivity index is 1.96. The number of carbonyl (C=O) groups is 1. The van der Waals surface area contributed by atoms with E-state index >= 15 is 0 Å². The Kier molecular flexibility index (Phi) is 5.15. The van der Waals surface area contributed by atoms with Crippen LogP contribution in [0.5, 0.6) is 0 Å². The molecule has 21 heavy (non-hydrogen) atoms. The van der Waals surface area contributed by atoms with E-state index in [-0.39, 0.29) is 18.0 Å². The van der Waals surface area contributed by atoms with Crippen molar-refractivity contribution in [1.29, 1.82) is 0 Å². The predicted molar refractivity (Wildman–Crippen MR) is 79.8 cm³/mol. The molecule has 0 saturated heterocycles. The molecule has 0 aliphatic rings. The van der Waals surface area contributed by atoms with Gasteiger partial charge in [0.1, 0.15) is 11.6 Å². The van der Waals surface area contributed by atoms with Gasteiger partial charge in [0.2, 0.25) is 5.91 Å². The summed E-state index contributed by atoms with van der Waals surface area (Å²) in [6.45, 7) is 0. The fourth-order valence-corrected chi connectivity index (χ4v) is 2.28. The summed E-state index contributed by atoms with van der Waals surface area (Å²) in [6, 6.07) is 7.98. The van der Waals surface area contributed by atoms with Gasteiger partial charge in [-0.15, -0.1) is 0 Å². The maximum atomic E-state index is 13.4. The molecule has 6 heteroatoms. The van der Waals surface area contributed by atoms with Crippen molar-refractivity contribution in [1.82, 2.24) is 0 Å². The molecule has 0 aliphatic carbocycles. The molecule has 0 heterocycles. The van der Waals surface area contributed by atoms with E-state index in [9.17, 15) is 13.6 Å². The molecule has 0 saturated carbocycles. The number of anilines is 1. The highest BCUT2D eigenvalue weighted by atomic mass is 35.5. The van der Waals surface area contributed by atoms with Crippen LogP contribution < -0.4 is 5.32 Å². The number of amides is 1. The van der Waals surface area contributed by atoms with Gasteiger partial charge in [0.25, 0.3) is 0 Å². The van der Waals surface area contributed by atoms with Crippen molar-refractivity contribution in [3.05, 3.63) is 63.6 Å². The Morgan fingerprint density at radius 2 is 1.86 bits per heavy atom. The first-order valence-corrected chi connectivity index (χ1v) is 6.90. The lowest BCUT2D eigenvalue weighted by Gasteiger charge is -2.07. The first-order chi connectivity index (χ1) is 9.95. The number of hydrogen-bond acceptors (Lipinski definition) is 1. The van der Waals surface area contributed by atoms with Crippen molar-refractivity contribution in [3.63, 3.8) is 0 Å². The van der Waals surface area contributed by atoms with Crippen molar-refractivity contribution >= 4 is 34.8 Å². The number of halogens is 4. The van der Waals surface area contributed by atoms with Gasteiger partial charge in [0.05, 0.1) is 5.69 Å². The van der Waals surface area contributed by atoms with Crippen molar-refractivity contribution in [2.24, 2.45) is 0 Å². The summed E-state index contributed by atoms with van der Waals surface area (Å²) in [4.78, 5) is 11.8. The molecule has 0 spiro atoms. The lowest BCUT2D eigenvalue weighted by atomic mass is 10.1. The number of hydrogen-bond donors (Lipinski definition) is 1. The summed E-state index contributed by atoms with van der Waals surface area (Å²) in [6.07, 6.45) is 0.517. The standard InChI is InChI=1S/C15H11Cl2F2NO/c16-10-3-1-9(12(17)7-10)2-6-15(21)20-14-5-4-11(18)8-13(14)19/h1,3-5,7-8H,2,6H2,(H,20,21). The Morgan fingerprint density at radius 1 is 1.10 bits per heavy atom. The summed E-state index contributed by atoms with van der Waals surface area (Å²) in [5.41, 5.74) is 0.722. The molecule has 0 aromatic heterocycles. The fourth-order valence-electron chi connectivity index (χ4n) is 1.78. The molecule has 1 amide bonds. The molecule has 110 valence electrons. The monoisotopic (exact) mass is 329 g/mol. The Labute approximate surface area is 130 Å². The van der Waals surface area contributed by atoms with Crippen LogP contribution in [-0.4, -0.2) is 5.91 Å². The molecule has 2 nitrogen and oxygen atoms in total. The Bertz CT molecular complexity index is 677. The number of carbonyl (C=O) groups excluding carboxylic acids is 1. The van der Waals surface area contributed by atoms with Crippen molar-refractivity contribution in [2.75, 3.05) is 5.32 Å². The molecule has 0 atom stereocenters. The number of rotatable bonds is 4. The van der Waals surface area contributed by atoms with Crippen LogP contribution in [0.1, 0.15) is 12.0 Å². The molecule has 0 bridgehead atoms. The minimum absolute atomic E-state index is 0.0522. The lowest BCUT2D eigenvalue weighted by Crippen LogP contribution is -2.13. The van der Waals surface area contributed by atoms with E-state index in [2.05, 4.69) is 5.32 Å². The van der Waals surface area contributed by atoms with Gasteiger partial charge >= 0.3 is 0 Å². The second-order valence-corrected chi connectivity index (χ2v) is 5.25. The first kappa shape index (κ1) is 15.7. The molecule has 0 aliphatic heterocycles. The van der Waals surface area contributed by atoms with Gasteiger partial charge in [-0.25, -0.2) is 8.78 Å². The highest BCUT2D eigenvalue weighted by Gasteiger charge is 2.09. The zero-order valence-electron chi connectivity index (χ0n) is 10.8. The molecule has 2 rings (SSSR count). The van der Waals surface area contributed by atoms with Gasteiger partial charge < -0.3 is 5.32 Å². The minimum atomic E-state index is -0.812. The van der Waals surface area contributed by atoms with Gasteiger partial charge in [0.15, 0.2) is 0 Å². The third-order valence-corrected chi connectivity index (χ3v) is 3.43. The molecule has 0 unspecified atom stereocenters. The SMILES string of the molecule is O=C(CCc1ccc(Cl)cc1Cl)Nc1ccc(F)cc1F. The van der Waals surface area contributed by atoms with E-state index in [4.69, 9.17) is 23.2 Å². The molecule has 2 aromatic carbocycles. The maximum Gasteiger partial charge on any atom is 0.224 e. The van der Waals surface area contributed by atoms with Gasteiger partial charge in [0, 0.05) is 22.5 Å². The quantitative estimate of drug-likeness (QED) is 0.854. The topological polar surface area (TPSA) is 29.1 Å². The van der Waals surface area contributed by atoms with Crippen LogP contribution in [0.4, 0.5) is 14.5 Å². The smallest absolute Gasteiger partial charge is 0.224 e. The van der Waals surface area contributed by atoms with Gasteiger partial charge in [-0.05, 0) is 36.2 Å². The largest absolute Gasteiger partial charge is 0.324 e. The first-order valence-electron chi connectivity index (χ1n) is 6.14. The normalized spacial score (nSPS) is 10.5. The summed E-state index contributed by atoms with van der Waals surface area (Å²) in [7, 11) is 0. The van der Waals surface area contributed by atoms with E-state index in [0.717, 1.165) is 11.6 Å². The molecule has 0 fully saturated rings. The van der Waals surface area contributed by atoms with E-state index in [1.54, 1.807) is 18.2 Å². The van der Waals surface area contributed by atoms with Crippen LogP contribution in [0, 0.1) is 11.6 Å². The Hall–Kier alpha value is -1.65.